The fraction of sp³-hybridized carbons (Fsp3) is 0.733. The number of anilines is 2. The van der Waals surface area contributed by atoms with Crippen LogP contribution in [0.3, 0.4) is 0 Å². The van der Waals surface area contributed by atoms with E-state index in [1.165, 1.54) is 12.8 Å². The van der Waals surface area contributed by atoms with Gasteiger partial charge in [-0.1, -0.05) is 27.7 Å². The van der Waals surface area contributed by atoms with E-state index in [9.17, 15) is 0 Å². The lowest BCUT2D eigenvalue weighted by Crippen LogP contribution is -2.31. The highest BCUT2D eigenvalue weighted by molar-refractivity contribution is 5.45. The highest BCUT2D eigenvalue weighted by atomic mass is 15.2. The van der Waals surface area contributed by atoms with E-state index in [-0.39, 0.29) is 5.41 Å². The Kier molecular flexibility index (Phi) is 4.48. The largest absolute Gasteiger partial charge is 0.384 e. The van der Waals surface area contributed by atoms with Gasteiger partial charge in [-0.05, 0) is 19.4 Å². The van der Waals surface area contributed by atoms with Crippen LogP contribution in [0.2, 0.25) is 0 Å². The van der Waals surface area contributed by atoms with Gasteiger partial charge >= 0.3 is 0 Å². The maximum Gasteiger partial charge on any atom is 0.138 e. The summed E-state index contributed by atoms with van der Waals surface area (Å²) in [6.45, 7) is 11.6. The lowest BCUT2D eigenvalue weighted by molar-refractivity contribution is 0.289. The topological polar surface area (TPSA) is 67.1 Å². The second-order valence-corrected chi connectivity index (χ2v) is 6.54. The molecule has 0 atom stereocenters. The van der Waals surface area contributed by atoms with Crippen molar-refractivity contribution >= 4 is 11.6 Å². The van der Waals surface area contributed by atoms with Crippen molar-refractivity contribution in [2.24, 2.45) is 0 Å². The molecule has 20 heavy (non-hydrogen) atoms. The van der Waals surface area contributed by atoms with Gasteiger partial charge in [0.2, 0.25) is 0 Å². The summed E-state index contributed by atoms with van der Waals surface area (Å²) in [5.41, 5.74) is 5.78. The van der Waals surface area contributed by atoms with Crippen molar-refractivity contribution in [1.82, 2.24) is 14.9 Å². The predicted octanol–water partition coefficient (Wildman–Crippen LogP) is 2.25. The smallest absolute Gasteiger partial charge is 0.138 e. The number of nitrogens with two attached hydrogens (primary N) is 1. The maximum absolute atomic E-state index is 5.87. The molecule has 1 fully saturated rings. The number of hydrogen-bond donors (Lipinski definition) is 2. The highest BCUT2D eigenvalue weighted by Gasteiger charge is 2.27. The van der Waals surface area contributed by atoms with E-state index in [4.69, 9.17) is 5.73 Å². The van der Waals surface area contributed by atoms with Crippen LogP contribution in [-0.4, -0.2) is 40.5 Å². The Morgan fingerprint density at radius 2 is 2.05 bits per heavy atom. The third-order valence-corrected chi connectivity index (χ3v) is 3.59. The number of likely N-dealkylation sites (N-methyl/N-ethyl adjacent to an activating group) is 1. The van der Waals surface area contributed by atoms with Crippen LogP contribution in [0.5, 0.6) is 0 Å². The fourth-order valence-corrected chi connectivity index (χ4v) is 2.26. The molecular weight excluding hydrogens is 250 g/mol. The Hall–Kier alpha value is -1.36. The Morgan fingerprint density at radius 3 is 2.60 bits per heavy atom. The number of nitrogen functional groups attached to an aromatic ring is 1. The lowest BCUT2D eigenvalue weighted by Gasteiger charge is -2.21. The molecule has 0 amide bonds. The summed E-state index contributed by atoms with van der Waals surface area (Å²) in [5, 5.41) is 3.37. The fourth-order valence-electron chi connectivity index (χ4n) is 2.26. The van der Waals surface area contributed by atoms with Crippen LogP contribution in [0.1, 0.15) is 46.4 Å². The third kappa shape index (κ3) is 4.07. The van der Waals surface area contributed by atoms with Gasteiger partial charge in [0, 0.05) is 30.6 Å². The summed E-state index contributed by atoms with van der Waals surface area (Å²) in [4.78, 5) is 11.4. The average Bonchev–Trinajstić information content (AvgIpc) is 3.17. The first kappa shape index (κ1) is 15.0. The quantitative estimate of drug-likeness (QED) is 0.835. The molecule has 1 saturated carbocycles. The zero-order chi connectivity index (χ0) is 14.8. The minimum Gasteiger partial charge on any atom is -0.384 e. The Labute approximate surface area is 122 Å². The van der Waals surface area contributed by atoms with Crippen LogP contribution in [0.25, 0.3) is 0 Å². The van der Waals surface area contributed by atoms with E-state index >= 15 is 0 Å². The second-order valence-electron chi connectivity index (χ2n) is 6.54. The minimum atomic E-state index is -0.0880. The van der Waals surface area contributed by atoms with Crippen LogP contribution >= 0.6 is 0 Å². The number of hydrogen-bond acceptors (Lipinski definition) is 5. The molecule has 5 nitrogen and oxygen atoms in total. The molecule has 1 aromatic heterocycles. The van der Waals surface area contributed by atoms with Gasteiger partial charge in [0.1, 0.15) is 17.5 Å². The SMILES string of the molecule is CCN(CCNc1cc(N)nc(C(C)(C)C)n1)C1CC1. The summed E-state index contributed by atoms with van der Waals surface area (Å²) in [6.07, 6.45) is 2.70. The number of nitrogens with one attached hydrogen (secondary N) is 1. The summed E-state index contributed by atoms with van der Waals surface area (Å²) in [5.74, 6) is 2.14. The van der Waals surface area contributed by atoms with Gasteiger partial charge < -0.3 is 11.1 Å². The molecule has 0 aromatic carbocycles. The predicted molar refractivity (Wildman–Crippen MR) is 83.9 cm³/mol. The van der Waals surface area contributed by atoms with Gasteiger partial charge in [-0.3, -0.25) is 4.90 Å². The molecule has 0 saturated heterocycles. The van der Waals surface area contributed by atoms with Gasteiger partial charge in [0.15, 0.2) is 0 Å². The molecule has 5 heteroatoms. The summed E-state index contributed by atoms with van der Waals surface area (Å²) in [7, 11) is 0. The zero-order valence-corrected chi connectivity index (χ0v) is 13.1. The molecule has 0 radical (unpaired) electrons. The summed E-state index contributed by atoms with van der Waals surface area (Å²) in [6, 6.07) is 2.62. The van der Waals surface area contributed by atoms with E-state index in [1.807, 2.05) is 6.07 Å². The number of aromatic nitrogens is 2. The van der Waals surface area contributed by atoms with E-state index in [2.05, 4.69) is 47.9 Å². The number of rotatable bonds is 6. The molecule has 3 N–H and O–H groups in total. The Balaban J connectivity index is 1.93. The molecule has 1 aromatic rings. The van der Waals surface area contributed by atoms with Crippen LogP contribution in [0, 0.1) is 0 Å². The summed E-state index contributed by atoms with van der Waals surface area (Å²) >= 11 is 0. The van der Waals surface area contributed by atoms with Gasteiger partial charge in [0.25, 0.3) is 0 Å². The summed E-state index contributed by atoms with van der Waals surface area (Å²) < 4.78 is 0. The zero-order valence-electron chi connectivity index (χ0n) is 13.1. The van der Waals surface area contributed by atoms with Crippen molar-refractivity contribution in [2.45, 2.75) is 52.0 Å². The minimum absolute atomic E-state index is 0.0880. The van der Waals surface area contributed by atoms with E-state index < -0.39 is 0 Å². The second kappa shape index (κ2) is 5.95. The van der Waals surface area contributed by atoms with Crippen molar-refractivity contribution in [1.29, 1.82) is 0 Å². The van der Waals surface area contributed by atoms with Crippen molar-refractivity contribution in [3.63, 3.8) is 0 Å². The van der Waals surface area contributed by atoms with Crippen LogP contribution in [-0.2, 0) is 5.41 Å². The molecule has 0 aliphatic heterocycles. The monoisotopic (exact) mass is 277 g/mol. The normalized spacial score (nSPS) is 15.7. The van der Waals surface area contributed by atoms with Crippen molar-refractivity contribution in [2.75, 3.05) is 30.7 Å². The molecular formula is C15H27N5. The first-order chi connectivity index (χ1) is 9.40. The van der Waals surface area contributed by atoms with Crippen molar-refractivity contribution < 1.29 is 0 Å². The highest BCUT2D eigenvalue weighted by Crippen LogP contribution is 2.26. The van der Waals surface area contributed by atoms with Gasteiger partial charge in [-0.25, -0.2) is 9.97 Å². The Morgan fingerprint density at radius 1 is 1.35 bits per heavy atom. The maximum atomic E-state index is 5.87. The van der Waals surface area contributed by atoms with Gasteiger partial charge in [0.05, 0.1) is 0 Å². The van der Waals surface area contributed by atoms with Gasteiger partial charge in [-0.15, -0.1) is 0 Å². The van der Waals surface area contributed by atoms with Crippen LogP contribution in [0.4, 0.5) is 11.6 Å². The van der Waals surface area contributed by atoms with Crippen molar-refractivity contribution in [3.05, 3.63) is 11.9 Å². The molecule has 112 valence electrons. The molecule has 1 aliphatic rings. The third-order valence-electron chi connectivity index (χ3n) is 3.59. The number of nitrogens with zero attached hydrogens (tertiary/aromatic N) is 3. The van der Waals surface area contributed by atoms with Crippen LogP contribution in [0.15, 0.2) is 6.07 Å². The lowest BCUT2D eigenvalue weighted by atomic mass is 9.96. The average molecular weight is 277 g/mol. The first-order valence-electron chi connectivity index (χ1n) is 7.53. The standard InChI is InChI=1S/C15H27N5/c1-5-20(11-6-7-11)9-8-17-13-10-12(16)18-14(19-13)15(2,3)4/h10-11H,5-9H2,1-4H3,(H3,16,17,18,19). The molecule has 0 unspecified atom stereocenters. The van der Waals surface area contributed by atoms with Crippen molar-refractivity contribution in [3.8, 4) is 0 Å². The van der Waals surface area contributed by atoms with E-state index in [1.54, 1.807) is 0 Å². The van der Waals surface area contributed by atoms with Crippen LogP contribution < -0.4 is 11.1 Å². The molecule has 2 rings (SSSR count). The van der Waals surface area contributed by atoms with E-state index in [0.717, 1.165) is 37.3 Å². The van der Waals surface area contributed by atoms with Gasteiger partial charge in [-0.2, -0.15) is 0 Å². The molecule has 1 aliphatic carbocycles. The molecule has 0 bridgehead atoms. The molecule has 1 heterocycles. The van der Waals surface area contributed by atoms with E-state index in [0.29, 0.717) is 5.82 Å². The Bertz CT molecular complexity index is 448. The molecule has 0 spiro atoms. The first-order valence-corrected chi connectivity index (χ1v) is 7.53.